The van der Waals surface area contributed by atoms with Gasteiger partial charge in [0.1, 0.15) is 18.0 Å². The van der Waals surface area contributed by atoms with Crippen molar-refractivity contribution in [2.45, 2.75) is 25.8 Å². The molecule has 0 aliphatic carbocycles. The summed E-state index contributed by atoms with van der Waals surface area (Å²) in [6, 6.07) is 2.12. The lowest BCUT2D eigenvalue weighted by molar-refractivity contribution is 0.776. The monoisotopic (exact) mass is 221 g/mol. The van der Waals surface area contributed by atoms with Gasteiger partial charge >= 0.3 is 0 Å². The third kappa shape index (κ3) is 2.82. The fourth-order valence-corrected chi connectivity index (χ4v) is 1.83. The lowest BCUT2D eigenvalue weighted by Crippen LogP contribution is -2.26. The van der Waals surface area contributed by atoms with Crippen LogP contribution in [0.1, 0.15) is 19.8 Å². The van der Waals surface area contributed by atoms with Crippen LogP contribution >= 0.6 is 0 Å². The van der Waals surface area contributed by atoms with Crippen LogP contribution in [0, 0.1) is 0 Å². The van der Waals surface area contributed by atoms with Gasteiger partial charge in [-0.05, 0) is 19.8 Å². The topological polar surface area (TPSA) is 67.1 Å². The normalized spacial score (nSPS) is 17.5. The number of nitrogens with two attached hydrogens (primary N) is 1. The third-order valence-electron chi connectivity index (χ3n) is 2.69. The molecule has 2 rings (SSSR count). The summed E-state index contributed by atoms with van der Waals surface area (Å²) >= 11 is 0. The van der Waals surface area contributed by atoms with Crippen LogP contribution in [0.2, 0.25) is 0 Å². The smallest absolute Gasteiger partial charge is 0.134 e. The maximum atomic E-state index is 5.68. The average molecular weight is 221 g/mol. The molecular weight excluding hydrogens is 202 g/mol. The molecule has 5 heteroatoms. The molecule has 0 radical (unpaired) electrons. The van der Waals surface area contributed by atoms with Gasteiger partial charge in [-0.3, -0.25) is 0 Å². The van der Waals surface area contributed by atoms with Crippen LogP contribution in [0.25, 0.3) is 0 Å². The molecule has 0 saturated carbocycles. The Bertz CT molecular complexity index is 333. The van der Waals surface area contributed by atoms with Gasteiger partial charge in [0, 0.05) is 31.7 Å². The van der Waals surface area contributed by atoms with Gasteiger partial charge < -0.3 is 16.0 Å². The molecule has 1 saturated heterocycles. The number of nitrogens with one attached hydrogen (secondary N) is 1. The van der Waals surface area contributed by atoms with E-state index in [0.29, 0.717) is 0 Å². The molecule has 2 heterocycles. The van der Waals surface area contributed by atoms with E-state index in [1.807, 2.05) is 13.0 Å². The fraction of sp³-hybridized carbons (Fsp3) is 0.636. The summed E-state index contributed by atoms with van der Waals surface area (Å²) in [5.74, 6) is 1.87. The molecule has 0 aromatic carbocycles. The van der Waals surface area contributed by atoms with Gasteiger partial charge in [0.2, 0.25) is 0 Å². The summed E-state index contributed by atoms with van der Waals surface area (Å²) in [5.41, 5.74) is 5.68. The first-order valence-electron chi connectivity index (χ1n) is 5.82. The maximum absolute atomic E-state index is 5.68. The van der Waals surface area contributed by atoms with Crippen molar-refractivity contribution in [3.05, 3.63) is 12.4 Å². The molecule has 0 bridgehead atoms. The fourth-order valence-electron chi connectivity index (χ4n) is 1.83. The SMILES string of the molecule is CC(N)CNc1cc(N2CCCC2)ncn1. The van der Waals surface area contributed by atoms with Crippen LogP contribution in [0.15, 0.2) is 12.4 Å². The van der Waals surface area contributed by atoms with Crippen LogP contribution in [0.3, 0.4) is 0 Å². The molecule has 3 N–H and O–H groups in total. The average Bonchev–Trinajstić information content (AvgIpc) is 2.80. The van der Waals surface area contributed by atoms with E-state index < -0.39 is 0 Å². The zero-order valence-electron chi connectivity index (χ0n) is 9.69. The van der Waals surface area contributed by atoms with Crippen LogP contribution in [0.5, 0.6) is 0 Å². The minimum absolute atomic E-state index is 0.130. The quantitative estimate of drug-likeness (QED) is 0.788. The molecule has 1 unspecified atom stereocenters. The number of rotatable bonds is 4. The van der Waals surface area contributed by atoms with Crippen molar-refractivity contribution >= 4 is 11.6 Å². The number of hydrogen-bond donors (Lipinski definition) is 2. The summed E-state index contributed by atoms with van der Waals surface area (Å²) in [5, 5.41) is 3.21. The van der Waals surface area contributed by atoms with E-state index in [9.17, 15) is 0 Å². The molecule has 1 aromatic rings. The second-order valence-corrected chi connectivity index (χ2v) is 4.31. The summed E-state index contributed by atoms with van der Waals surface area (Å²) in [6.07, 6.45) is 4.12. The first-order chi connectivity index (χ1) is 7.75. The van der Waals surface area contributed by atoms with Gasteiger partial charge in [-0.25, -0.2) is 9.97 Å². The summed E-state index contributed by atoms with van der Waals surface area (Å²) in [4.78, 5) is 10.8. The second kappa shape index (κ2) is 5.12. The van der Waals surface area contributed by atoms with Crippen molar-refractivity contribution in [3.8, 4) is 0 Å². The van der Waals surface area contributed by atoms with E-state index in [4.69, 9.17) is 5.73 Å². The van der Waals surface area contributed by atoms with E-state index in [1.165, 1.54) is 12.8 Å². The largest absolute Gasteiger partial charge is 0.368 e. The Morgan fingerprint density at radius 3 is 2.88 bits per heavy atom. The van der Waals surface area contributed by atoms with E-state index in [1.54, 1.807) is 6.33 Å². The highest BCUT2D eigenvalue weighted by Crippen LogP contribution is 2.18. The minimum atomic E-state index is 0.130. The zero-order chi connectivity index (χ0) is 11.4. The lowest BCUT2D eigenvalue weighted by atomic mass is 10.3. The van der Waals surface area contributed by atoms with Crippen LogP contribution in [-0.2, 0) is 0 Å². The second-order valence-electron chi connectivity index (χ2n) is 4.31. The lowest BCUT2D eigenvalue weighted by Gasteiger charge is -2.17. The van der Waals surface area contributed by atoms with Crippen molar-refractivity contribution in [1.82, 2.24) is 9.97 Å². The van der Waals surface area contributed by atoms with E-state index >= 15 is 0 Å². The Morgan fingerprint density at radius 1 is 1.44 bits per heavy atom. The molecule has 0 amide bonds. The molecule has 88 valence electrons. The molecule has 1 aliphatic heterocycles. The molecule has 1 aliphatic rings. The molecular formula is C11H19N5. The standard InChI is InChI=1S/C11H19N5/c1-9(12)7-13-10-6-11(15-8-14-10)16-4-2-3-5-16/h6,8-9H,2-5,7,12H2,1H3,(H,13,14,15). The molecule has 0 spiro atoms. The third-order valence-corrected chi connectivity index (χ3v) is 2.69. The summed E-state index contributed by atoms with van der Waals surface area (Å²) < 4.78 is 0. The Kier molecular flexibility index (Phi) is 3.56. The summed E-state index contributed by atoms with van der Waals surface area (Å²) in [7, 11) is 0. The molecule has 16 heavy (non-hydrogen) atoms. The van der Waals surface area contributed by atoms with Gasteiger partial charge in [-0.1, -0.05) is 0 Å². The van der Waals surface area contributed by atoms with Crippen LogP contribution in [0.4, 0.5) is 11.6 Å². The van der Waals surface area contributed by atoms with Gasteiger partial charge in [-0.2, -0.15) is 0 Å². The van der Waals surface area contributed by atoms with Gasteiger partial charge in [0.05, 0.1) is 0 Å². The molecule has 1 atom stereocenters. The van der Waals surface area contributed by atoms with E-state index in [2.05, 4.69) is 20.2 Å². The van der Waals surface area contributed by atoms with Crippen molar-refractivity contribution in [3.63, 3.8) is 0 Å². The van der Waals surface area contributed by atoms with Gasteiger partial charge in [-0.15, -0.1) is 0 Å². The van der Waals surface area contributed by atoms with Crippen LogP contribution in [-0.4, -0.2) is 35.6 Å². The van der Waals surface area contributed by atoms with Crippen molar-refractivity contribution in [1.29, 1.82) is 0 Å². The van der Waals surface area contributed by atoms with E-state index in [0.717, 1.165) is 31.3 Å². The Labute approximate surface area is 96.1 Å². The van der Waals surface area contributed by atoms with Crippen molar-refractivity contribution in [2.75, 3.05) is 29.9 Å². The molecule has 1 fully saturated rings. The van der Waals surface area contributed by atoms with Crippen LogP contribution < -0.4 is 16.0 Å². The van der Waals surface area contributed by atoms with Gasteiger partial charge in [0.25, 0.3) is 0 Å². The zero-order valence-corrected chi connectivity index (χ0v) is 9.69. The van der Waals surface area contributed by atoms with E-state index in [-0.39, 0.29) is 6.04 Å². The van der Waals surface area contributed by atoms with Crippen molar-refractivity contribution in [2.24, 2.45) is 5.73 Å². The highest BCUT2D eigenvalue weighted by atomic mass is 15.2. The number of hydrogen-bond acceptors (Lipinski definition) is 5. The van der Waals surface area contributed by atoms with Gasteiger partial charge in [0.15, 0.2) is 0 Å². The summed E-state index contributed by atoms with van der Waals surface area (Å²) in [6.45, 7) is 4.90. The number of aromatic nitrogens is 2. The predicted molar refractivity (Wildman–Crippen MR) is 65.6 cm³/mol. The Balaban J connectivity index is 2.01. The minimum Gasteiger partial charge on any atom is -0.368 e. The predicted octanol–water partition coefficient (Wildman–Crippen LogP) is 0.836. The number of nitrogens with zero attached hydrogens (tertiary/aromatic N) is 3. The highest BCUT2D eigenvalue weighted by Gasteiger charge is 2.13. The van der Waals surface area contributed by atoms with Crippen molar-refractivity contribution < 1.29 is 0 Å². The maximum Gasteiger partial charge on any atom is 0.134 e. The Hall–Kier alpha value is -1.36. The Morgan fingerprint density at radius 2 is 2.19 bits per heavy atom. The first-order valence-corrected chi connectivity index (χ1v) is 5.82. The molecule has 1 aromatic heterocycles. The first kappa shape index (κ1) is 11.1. The highest BCUT2D eigenvalue weighted by molar-refractivity contribution is 5.48. The molecule has 5 nitrogen and oxygen atoms in total. The number of anilines is 2.